The largest absolute Gasteiger partial charge is 0.496 e. The first kappa shape index (κ1) is 15.0. The Kier molecular flexibility index (Phi) is 5.63. The number of hydrogen-bond donors (Lipinski definition) is 1. The van der Waals surface area contributed by atoms with E-state index in [9.17, 15) is 0 Å². The molecule has 0 fully saturated rings. The van der Waals surface area contributed by atoms with Crippen LogP contribution in [0, 0.1) is 13.8 Å². The van der Waals surface area contributed by atoms with Crippen molar-refractivity contribution in [3.8, 4) is 5.75 Å². The smallest absolute Gasteiger partial charge is 0.124 e. The van der Waals surface area contributed by atoms with Crippen LogP contribution >= 0.6 is 0 Å². The fraction of sp³-hybridized carbons (Fsp3) is 0.600. The molecule has 0 saturated carbocycles. The second-order valence-electron chi connectivity index (χ2n) is 5.04. The third-order valence-electron chi connectivity index (χ3n) is 3.31. The van der Waals surface area contributed by atoms with Crippen LogP contribution in [0.1, 0.15) is 35.6 Å². The van der Waals surface area contributed by atoms with E-state index in [0.717, 1.165) is 18.6 Å². The fourth-order valence-electron chi connectivity index (χ4n) is 2.48. The van der Waals surface area contributed by atoms with Crippen molar-refractivity contribution in [3.05, 3.63) is 28.8 Å². The number of aliphatic hydroxyl groups is 1. The Morgan fingerprint density at radius 2 is 1.94 bits per heavy atom. The predicted octanol–water partition coefficient (Wildman–Crippen LogP) is 2.69. The van der Waals surface area contributed by atoms with Gasteiger partial charge in [0.05, 0.1) is 7.11 Å². The van der Waals surface area contributed by atoms with Crippen LogP contribution in [0.15, 0.2) is 12.1 Å². The van der Waals surface area contributed by atoms with E-state index < -0.39 is 0 Å². The van der Waals surface area contributed by atoms with Crippen molar-refractivity contribution in [1.29, 1.82) is 0 Å². The molecule has 0 amide bonds. The summed E-state index contributed by atoms with van der Waals surface area (Å²) in [5.41, 5.74) is 3.71. The van der Waals surface area contributed by atoms with Crippen molar-refractivity contribution in [1.82, 2.24) is 4.90 Å². The monoisotopic (exact) mass is 251 g/mol. The number of nitrogens with zero attached hydrogens (tertiary/aromatic N) is 1. The summed E-state index contributed by atoms with van der Waals surface area (Å²) < 4.78 is 5.53. The molecule has 0 spiro atoms. The van der Waals surface area contributed by atoms with Gasteiger partial charge >= 0.3 is 0 Å². The summed E-state index contributed by atoms with van der Waals surface area (Å²) in [5, 5.41) is 9.03. The van der Waals surface area contributed by atoms with Gasteiger partial charge in [0.1, 0.15) is 5.75 Å². The summed E-state index contributed by atoms with van der Waals surface area (Å²) in [7, 11) is 5.86. The minimum atomic E-state index is 0.234. The van der Waals surface area contributed by atoms with Gasteiger partial charge in [0.25, 0.3) is 0 Å². The zero-order chi connectivity index (χ0) is 13.7. The van der Waals surface area contributed by atoms with E-state index in [1.807, 2.05) is 0 Å². The molecule has 0 heterocycles. The standard InChI is InChI=1S/C15H25NO2/c1-11-9-12(2)15(14(10-11)18-5)13(16(3)4)7-6-8-17/h9-10,13,17H,6-8H2,1-5H3. The molecule has 1 aromatic rings. The molecular weight excluding hydrogens is 226 g/mol. The number of benzene rings is 1. The minimum Gasteiger partial charge on any atom is -0.496 e. The van der Waals surface area contributed by atoms with Gasteiger partial charge < -0.3 is 14.7 Å². The minimum absolute atomic E-state index is 0.234. The number of aliphatic hydroxyl groups excluding tert-OH is 1. The Bertz CT molecular complexity index is 388. The highest BCUT2D eigenvalue weighted by Crippen LogP contribution is 2.34. The zero-order valence-corrected chi connectivity index (χ0v) is 12.2. The Labute approximate surface area is 110 Å². The highest BCUT2D eigenvalue weighted by Gasteiger charge is 2.20. The number of hydrogen-bond acceptors (Lipinski definition) is 3. The van der Waals surface area contributed by atoms with Crippen molar-refractivity contribution in [2.24, 2.45) is 0 Å². The molecule has 1 atom stereocenters. The fourth-order valence-corrected chi connectivity index (χ4v) is 2.48. The Hall–Kier alpha value is -1.06. The van der Waals surface area contributed by atoms with Gasteiger partial charge in [-0.3, -0.25) is 0 Å². The number of rotatable bonds is 6. The summed E-state index contributed by atoms with van der Waals surface area (Å²) in [6, 6.07) is 4.55. The molecule has 0 aliphatic carbocycles. The van der Waals surface area contributed by atoms with Gasteiger partial charge in [0.2, 0.25) is 0 Å². The second kappa shape index (κ2) is 6.76. The van der Waals surface area contributed by atoms with Crippen LogP contribution in [-0.2, 0) is 0 Å². The SMILES string of the molecule is COc1cc(C)cc(C)c1C(CCCO)N(C)C. The first-order chi connectivity index (χ1) is 8.51. The lowest BCUT2D eigenvalue weighted by molar-refractivity contribution is 0.231. The molecule has 1 unspecified atom stereocenters. The Morgan fingerprint density at radius 1 is 1.28 bits per heavy atom. The molecular formula is C15H25NO2. The summed E-state index contributed by atoms with van der Waals surface area (Å²) in [4.78, 5) is 2.19. The summed E-state index contributed by atoms with van der Waals surface area (Å²) >= 11 is 0. The molecule has 3 nitrogen and oxygen atoms in total. The lowest BCUT2D eigenvalue weighted by atomic mass is 9.94. The van der Waals surface area contributed by atoms with E-state index >= 15 is 0 Å². The van der Waals surface area contributed by atoms with Crippen molar-refractivity contribution in [2.75, 3.05) is 27.8 Å². The van der Waals surface area contributed by atoms with Gasteiger partial charge in [-0.15, -0.1) is 0 Å². The van der Waals surface area contributed by atoms with Crippen LogP contribution in [0.2, 0.25) is 0 Å². The van der Waals surface area contributed by atoms with E-state index in [4.69, 9.17) is 9.84 Å². The predicted molar refractivity (Wildman–Crippen MR) is 75.2 cm³/mol. The Balaban J connectivity index is 3.17. The van der Waals surface area contributed by atoms with E-state index in [1.54, 1.807) is 7.11 Å². The van der Waals surface area contributed by atoms with Crippen LogP contribution in [0.5, 0.6) is 5.75 Å². The molecule has 1 N–H and O–H groups in total. The first-order valence-electron chi connectivity index (χ1n) is 6.43. The van der Waals surface area contributed by atoms with E-state index in [2.05, 4.69) is 45.0 Å². The van der Waals surface area contributed by atoms with Crippen LogP contribution < -0.4 is 4.74 Å². The molecule has 0 bridgehead atoms. The molecule has 0 radical (unpaired) electrons. The first-order valence-corrected chi connectivity index (χ1v) is 6.43. The molecule has 0 saturated heterocycles. The van der Waals surface area contributed by atoms with Crippen molar-refractivity contribution in [3.63, 3.8) is 0 Å². The van der Waals surface area contributed by atoms with Crippen molar-refractivity contribution >= 4 is 0 Å². The third kappa shape index (κ3) is 3.47. The van der Waals surface area contributed by atoms with E-state index in [0.29, 0.717) is 0 Å². The number of ether oxygens (including phenoxy) is 1. The zero-order valence-electron chi connectivity index (χ0n) is 12.2. The molecule has 0 aliphatic rings. The van der Waals surface area contributed by atoms with E-state index in [1.165, 1.54) is 16.7 Å². The maximum Gasteiger partial charge on any atom is 0.124 e. The van der Waals surface area contributed by atoms with Crippen molar-refractivity contribution in [2.45, 2.75) is 32.7 Å². The van der Waals surface area contributed by atoms with Crippen LogP contribution in [-0.4, -0.2) is 37.8 Å². The molecule has 0 aliphatic heterocycles. The second-order valence-corrected chi connectivity index (χ2v) is 5.04. The van der Waals surface area contributed by atoms with Gasteiger partial charge in [0.15, 0.2) is 0 Å². The highest BCUT2D eigenvalue weighted by molar-refractivity contribution is 5.45. The highest BCUT2D eigenvalue weighted by atomic mass is 16.5. The van der Waals surface area contributed by atoms with Gasteiger partial charge in [-0.2, -0.15) is 0 Å². The lowest BCUT2D eigenvalue weighted by Crippen LogP contribution is -2.22. The van der Waals surface area contributed by atoms with Crippen LogP contribution in [0.4, 0.5) is 0 Å². The molecule has 18 heavy (non-hydrogen) atoms. The molecule has 102 valence electrons. The van der Waals surface area contributed by atoms with Crippen LogP contribution in [0.25, 0.3) is 0 Å². The normalized spacial score (nSPS) is 12.8. The molecule has 3 heteroatoms. The number of methoxy groups -OCH3 is 1. The molecule has 1 rings (SSSR count). The Morgan fingerprint density at radius 3 is 2.44 bits per heavy atom. The number of aryl methyl sites for hydroxylation is 2. The summed E-state index contributed by atoms with van der Waals surface area (Å²) in [6.45, 7) is 4.44. The van der Waals surface area contributed by atoms with E-state index in [-0.39, 0.29) is 12.6 Å². The van der Waals surface area contributed by atoms with Crippen molar-refractivity contribution < 1.29 is 9.84 Å². The van der Waals surface area contributed by atoms with Crippen LogP contribution in [0.3, 0.4) is 0 Å². The lowest BCUT2D eigenvalue weighted by Gasteiger charge is -2.28. The molecule has 1 aromatic carbocycles. The topological polar surface area (TPSA) is 32.7 Å². The van der Waals surface area contributed by atoms with Gasteiger partial charge in [-0.05, 0) is 58.0 Å². The average molecular weight is 251 g/mol. The maximum atomic E-state index is 9.03. The summed E-state index contributed by atoms with van der Waals surface area (Å²) in [6.07, 6.45) is 1.74. The quantitative estimate of drug-likeness (QED) is 0.843. The van der Waals surface area contributed by atoms with Gasteiger partial charge in [-0.25, -0.2) is 0 Å². The summed E-state index contributed by atoms with van der Waals surface area (Å²) in [5.74, 6) is 0.948. The molecule has 0 aromatic heterocycles. The maximum absolute atomic E-state index is 9.03. The van der Waals surface area contributed by atoms with Gasteiger partial charge in [0, 0.05) is 18.2 Å². The third-order valence-corrected chi connectivity index (χ3v) is 3.31. The average Bonchev–Trinajstić information content (AvgIpc) is 2.30. The van der Waals surface area contributed by atoms with Gasteiger partial charge in [-0.1, -0.05) is 6.07 Å².